The summed E-state index contributed by atoms with van der Waals surface area (Å²) in [4.78, 5) is 13.9. The van der Waals surface area contributed by atoms with Gasteiger partial charge in [0.25, 0.3) is 5.91 Å². The number of benzene rings is 2. The number of amides is 1. The van der Waals surface area contributed by atoms with Crippen LogP contribution < -0.4 is 10.1 Å². The zero-order valence-corrected chi connectivity index (χ0v) is 14.3. The van der Waals surface area contributed by atoms with Gasteiger partial charge in [-0.05, 0) is 50.8 Å². The number of hydrogen-bond donors (Lipinski definition) is 1. The Labute approximate surface area is 142 Å². The maximum absolute atomic E-state index is 13.4. The largest absolute Gasteiger partial charge is 0.484 e. The SMILES string of the molecule is Cc1ccc(OCC(=O)NCC(c2cccc(F)c2)N(C)C)cc1. The fourth-order valence-electron chi connectivity index (χ4n) is 2.36. The average Bonchev–Trinajstić information content (AvgIpc) is 2.54. The molecule has 0 fully saturated rings. The van der Waals surface area contributed by atoms with E-state index in [9.17, 15) is 9.18 Å². The van der Waals surface area contributed by atoms with Crippen molar-refractivity contribution in [2.75, 3.05) is 27.2 Å². The second-order valence-electron chi connectivity index (χ2n) is 5.94. The Hall–Kier alpha value is -2.40. The van der Waals surface area contributed by atoms with Gasteiger partial charge in [0.15, 0.2) is 6.61 Å². The number of carbonyl (C=O) groups excluding carboxylic acids is 1. The quantitative estimate of drug-likeness (QED) is 0.849. The molecule has 24 heavy (non-hydrogen) atoms. The monoisotopic (exact) mass is 330 g/mol. The molecule has 2 aromatic carbocycles. The van der Waals surface area contributed by atoms with Crippen LogP contribution in [0.2, 0.25) is 0 Å². The zero-order valence-electron chi connectivity index (χ0n) is 14.3. The summed E-state index contributed by atoms with van der Waals surface area (Å²) in [5, 5.41) is 2.84. The van der Waals surface area contributed by atoms with Gasteiger partial charge in [-0.25, -0.2) is 4.39 Å². The van der Waals surface area contributed by atoms with Crippen molar-refractivity contribution >= 4 is 5.91 Å². The predicted molar refractivity (Wildman–Crippen MR) is 92.5 cm³/mol. The standard InChI is InChI=1S/C19H23FN2O2/c1-14-7-9-17(10-8-14)24-13-19(23)21-12-18(22(2)3)15-5-4-6-16(20)11-15/h4-11,18H,12-13H2,1-3H3,(H,21,23). The molecule has 1 atom stereocenters. The molecule has 128 valence electrons. The molecule has 0 aliphatic rings. The van der Waals surface area contributed by atoms with Crippen LogP contribution in [0.4, 0.5) is 4.39 Å². The smallest absolute Gasteiger partial charge is 0.258 e. The Morgan fingerprint density at radius 2 is 1.92 bits per heavy atom. The Kier molecular flexibility index (Phi) is 6.32. The highest BCUT2D eigenvalue weighted by Gasteiger charge is 2.16. The van der Waals surface area contributed by atoms with Crippen LogP contribution in [-0.2, 0) is 4.79 Å². The summed E-state index contributed by atoms with van der Waals surface area (Å²) in [7, 11) is 3.79. The van der Waals surface area contributed by atoms with Crippen molar-refractivity contribution in [3.63, 3.8) is 0 Å². The highest BCUT2D eigenvalue weighted by Crippen LogP contribution is 2.18. The molecule has 0 aromatic heterocycles. The summed E-state index contributed by atoms with van der Waals surface area (Å²) in [5.41, 5.74) is 1.95. The van der Waals surface area contributed by atoms with E-state index < -0.39 is 0 Å². The fourth-order valence-corrected chi connectivity index (χ4v) is 2.36. The number of carbonyl (C=O) groups is 1. The van der Waals surface area contributed by atoms with E-state index in [2.05, 4.69) is 5.32 Å². The maximum Gasteiger partial charge on any atom is 0.258 e. The molecule has 0 aliphatic heterocycles. The number of hydrogen-bond acceptors (Lipinski definition) is 3. The third kappa shape index (κ3) is 5.35. The maximum atomic E-state index is 13.4. The minimum atomic E-state index is -0.284. The van der Waals surface area contributed by atoms with Gasteiger partial charge in [-0.3, -0.25) is 4.79 Å². The van der Waals surface area contributed by atoms with Gasteiger partial charge in [-0.1, -0.05) is 29.8 Å². The minimum absolute atomic E-state index is 0.0492. The molecule has 1 unspecified atom stereocenters. The lowest BCUT2D eigenvalue weighted by molar-refractivity contribution is -0.123. The van der Waals surface area contributed by atoms with E-state index in [4.69, 9.17) is 4.74 Å². The first-order valence-electron chi connectivity index (χ1n) is 7.84. The van der Waals surface area contributed by atoms with Gasteiger partial charge in [0.2, 0.25) is 0 Å². The molecule has 0 saturated heterocycles. The molecule has 0 saturated carbocycles. The fraction of sp³-hybridized carbons (Fsp3) is 0.316. The highest BCUT2D eigenvalue weighted by atomic mass is 19.1. The summed E-state index contributed by atoms with van der Waals surface area (Å²) in [6.07, 6.45) is 0. The molecule has 1 N–H and O–H groups in total. The van der Waals surface area contributed by atoms with E-state index in [1.807, 2.05) is 56.3 Å². The van der Waals surface area contributed by atoms with Crippen molar-refractivity contribution in [2.45, 2.75) is 13.0 Å². The van der Waals surface area contributed by atoms with Gasteiger partial charge in [0.1, 0.15) is 11.6 Å². The van der Waals surface area contributed by atoms with Crippen LogP contribution in [0.5, 0.6) is 5.75 Å². The highest BCUT2D eigenvalue weighted by molar-refractivity contribution is 5.77. The lowest BCUT2D eigenvalue weighted by atomic mass is 10.1. The third-order valence-electron chi connectivity index (χ3n) is 3.74. The molecule has 0 spiro atoms. The van der Waals surface area contributed by atoms with E-state index in [0.29, 0.717) is 12.3 Å². The zero-order chi connectivity index (χ0) is 17.5. The van der Waals surface area contributed by atoms with Crippen LogP contribution in [0.3, 0.4) is 0 Å². The van der Waals surface area contributed by atoms with Gasteiger partial charge >= 0.3 is 0 Å². The van der Waals surface area contributed by atoms with Crippen LogP contribution in [0, 0.1) is 12.7 Å². The first kappa shape index (κ1) is 17.9. The number of nitrogens with one attached hydrogen (secondary N) is 1. The summed E-state index contributed by atoms with van der Waals surface area (Å²) in [5.74, 6) is 0.164. The minimum Gasteiger partial charge on any atom is -0.484 e. The van der Waals surface area contributed by atoms with Crippen molar-refractivity contribution in [1.82, 2.24) is 10.2 Å². The molecule has 0 radical (unpaired) electrons. The molecule has 4 nitrogen and oxygen atoms in total. The second-order valence-corrected chi connectivity index (χ2v) is 5.94. The number of halogens is 1. The Morgan fingerprint density at radius 3 is 2.54 bits per heavy atom. The topological polar surface area (TPSA) is 41.6 Å². The van der Waals surface area contributed by atoms with Gasteiger partial charge < -0.3 is 15.0 Å². The van der Waals surface area contributed by atoms with Crippen molar-refractivity contribution in [1.29, 1.82) is 0 Å². The van der Waals surface area contributed by atoms with E-state index in [1.165, 1.54) is 12.1 Å². The van der Waals surface area contributed by atoms with E-state index in [-0.39, 0.29) is 24.4 Å². The first-order chi connectivity index (χ1) is 11.5. The van der Waals surface area contributed by atoms with Crippen LogP contribution in [0.1, 0.15) is 17.2 Å². The van der Waals surface area contributed by atoms with Crippen molar-refractivity contribution in [3.8, 4) is 5.75 Å². The van der Waals surface area contributed by atoms with Crippen LogP contribution in [-0.4, -0.2) is 38.1 Å². The van der Waals surface area contributed by atoms with Gasteiger partial charge in [0.05, 0.1) is 6.04 Å². The molecule has 1 amide bonds. The molecular weight excluding hydrogens is 307 g/mol. The van der Waals surface area contributed by atoms with Crippen molar-refractivity contribution in [3.05, 3.63) is 65.5 Å². The molecule has 0 heterocycles. The summed E-state index contributed by atoms with van der Waals surface area (Å²) < 4.78 is 18.9. The van der Waals surface area contributed by atoms with Gasteiger partial charge in [-0.15, -0.1) is 0 Å². The number of ether oxygens (including phenoxy) is 1. The summed E-state index contributed by atoms with van der Waals surface area (Å²) in [6.45, 7) is 2.32. The van der Waals surface area contributed by atoms with Crippen molar-refractivity contribution < 1.29 is 13.9 Å². The van der Waals surface area contributed by atoms with Crippen molar-refractivity contribution in [2.24, 2.45) is 0 Å². The van der Waals surface area contributed by atoms with E-state index >= 15 is 0 Å². The Balaban J connectivity index is 1.87. The first-order valence-corrected chi connectivity index (χ1v) is 7.84. The molecule has 2 rings (SSSR count). The summed E-state index contributed by atoms with van der Waals surface area (Å²) >= 11 is 0. The predicted octanol–water partition coefficient (Wildman–Crippen LogP) is 2.93. The summed E-state index contributed by atoms with van der Waals surface area (Å²) in [6, 6.07) is 13.8. The van der Waals surface area contributed by atoms with Crippen LogP contribution >= 0.6 is 0 Å². The Bertz CT molecular complexity index is 671. The molecule has 0 bridgehead atoms. The van der Waals surface area contributed by atoms with Crippen LogP contribution in [0.15, 0.2) is 48.5 Å². The molecule has 0 aliphatic carbocycles. The second kappa shape index (κ2) is 8.45. The van der Waals surface area contributed by atoms with E-state index in [1.54, 1.807) is 6.07 Å². The number of rotatable bonds is 7. The molecule has 2 aromatic rings. The van der Waals surface area contributed by atoms with Crippen LogP contribution in [0.25, 0.3) is 0 Å². The number of aryl methyl sites for hydroxylation is 1. The van der Waals surface area contributed by atoms with Gasteiger partial charge in [0, 0.05) is 6.54 Å². The van der Waals surface area contributed by atoms with E-state index in [0.717, 1.165) is 11.1 Å². The Morgan fingerprint density at radius 1 is 1.21 bits per heavy atom. The third-order valence-corrected chi connectivity index (χ3v) is 3.74. The normalized spacial score (nSPS) is 12.0. The molecular formula is C19H23FN2O2. The number of nitrogens with zero attached hydrogens (tertiary/aromatic N) is 1. The average molecular weight is 330 g/mol. The lowest BCUT2D eigenvalue weighted by Crippen LogP contribution is -2.36. The van der Waals surface area contributed by atoms with Gasteiger partial charge in [-0.2, -0.15) is 0 Å². The molecule has 5 heteroatoms. The lowest BCUT2D eigenvalue weighted by Gasteiger charge is -2.25. The number of likely N-dealkylation sites (N-methyl/N-ethyl adjacent to an activating group) is 1.